The van der Waals surface area contributed by atoms with Crippen LogP contribution in [-0.2, 0) is 25.5 Å². The highest BCUT2D eigenvalue weighted by Gasteiger charge is 2.52. The van der Waals surface area contributed by atoms with E-state index in [1.807, 2.05) is 0 Å². The van der Waals surface area contributed by atoms with Gasteiger partial charge in [-0.25, -0.2) is 8.78 Å². The second-order valence-electron chi connectivity index (χ2n) is 14.7. The minimum atomic E-state index is -1.98. The molecule has 0 radical (unpaired) electrons. The van der Waals surface area contributed by atoms with Crippen LogP contribution in [0.15, 0.2) is 30.5 Å². The monoisotopic (exact) mass is 681 g/mol. The van der Waals surface area contributed by atoms with E-state index in [0.717, 1.165) is 51.4 Å². The molecule has 1 aromatic carbocycles. The molecule has 2 N–H and O–H groups in total. The third kappa shape index (κ3) is 8.05. The fraction of sp³-hybridized carbons (Fsp3) is 0.649. The van der Waals surface area contributed by atoms with Crippen LogP contribution in [0.4, 0.5) is 8.78 Å². The van der Waals surface area contributed by atoms with Crippen LogP contribution in [0.5, 0.6) is 0 Å². The van der Waals surface area contributed by atoms with Crippen molar-refractivity contribution in [1.29, 1.82) is 0 Å². The summed E-state index contributed by atoms with van der Waals surface area (Å²) < 4.78 is 37.6. The van der Waals surface area contributed by atoms with Crippen LogP contribution in [0.2, 0.25) is 0 Å². The van der Waals surface area contributed by atoms with Crippen molar-refractivity contribution in [3.05, 3.63) is 53.1 Å². The molecule has 3 saturated carbocycles. The Morgan fingerprint density at radius 3 is 2.35 bits per heavy atom. The summed E-state index contributed by atoms with van der Waals surface area (Å²) in [7, 11) is 0. The lowest BCUT2D eigenvalue weighted by Crippen LogP contribution is -2.55. The van der Waals surface area contributed by atoms with Gasteiger partial charge in [-0.3, -0.25) is 23.9 Å². The number of ether oxygens (including phenoxy) is 1. The minimum absolute atomic E-state index is 0.0568. The summed E-state index contributed by atoms with van der Waals surface area (Å²) in [4.78, 5) is 55.5. The van der Waals surface area contributed by atoms with E-state index in [0.29, 0.717) is 43.5 Å². The zero-order valence-corrected chi connectivity index (χ0v) is 28.6. The van der Waals surface area contributed by atoms with E-state index in [-0.39, 0.29) is 54.4 Å². The number of amides is 3. The second kappa shape index (κ2) is 15.1. The Morgan fingerprint density at radius 2 is 1.69 bits per heavy atom. The van der Waals surface area contributed by atoms with Gasteiger partial charge in [-0.05, 0) is 73.6 Å². The molecule has 0 spiro atoms. The summed E-state index contributed by atoms with van der Waals surface area (Å²) in [6.07, 6.45) is 9.23. The Morgan fingerprint density at radius 1 is 1.00 bits per heavy atom. The first kappa shape index (κ1) is 35.2. The molecule has 1 aromatic heterocycles. The molecule has 1 aliphatic heterocycles. The number of hydrogen-bond acceptors (Lipinski definition) is 6. The molecule has 4 aliphatic rings. The second-order valence-corrected chi connectivity index (χ2v) is 14.7. The quantitative estimate of drug-likeness (QED) is 0.331. The Kier molecular flexibility index (Phi) is 10.8. The molecule has 3 aliphatic carbocycles. The van der Waals surface area contributed by atoms with Gasteiger partial charge in [0.25, 0.3) is 11.8 Å². The number of carbonyl (C=O) groups is 4. The fourth-order valence-corrected chi connectivity index (χ4v) is 7.70. The predicted molar refractivity (Wildman–Crippen MR) is 178 cm³/mol. The van der Waals surface area contributed by atoms with E-state index < -0.39 is 35.4 Å². The highest BCUT2D eigenvalue weighted by molar-refractivity contribution is 5.97. The third-order valence-electron chi connectivity index (χ3n) is 11.2. The van der Waals surface area contributed by atoms with E-state index in [1.54, 1.807) is 34.8 Å². The van der Waals surface area contributed by atoms with Crippen molar-refractivity contribution < 1.29 is 32.7 Å². The number of Topliss-reactive ketones (excluding diaryl/α,β-unsaturated/α-hetero) is 1. The lowest BCUT2D eigenvalue weighted by molar-refractivity contribution is -0.141. The van der Waals surface area contributed by atoms with Gasteiger partial charge < -0.3 is 20.3 Å². The number of nitrogens with zero attached hydrogens (tertiary/aromatic N) is 3. The van der Waals surface area contributed by atoms with Gasteiger partial charge in [-0.15, -0.1) is 0 Å². The third-order valence-corrected chi connectivity index (χ3v) is 11.2. The van der Waals surface area contributed by atoms with E-state index in [9.17, 15) is 23.6 Å². The SMILES string of the molecule is CC1CCC([C@H](NC(=O)c2ccnn2C2CCCC2)C(=O)Cc2ccc([C@H](C)[C@@H](NC(=O)C3(F)CC3)C(=O)N3CCOCC3)cc2F)CC1. The maximum atomic E-state index is 15.8. The number of hydrogen-bond donors (Lipinski definition) is 2. The van der Waals surface area contributed by atoms with Gasteiger partial charge in [-0.2, -0.15) is 5.10 Å². The lowest BCUT2D eigenvalue weighted by Gasteiger charge is -2.33. The molecule has 2 heterocycles. The summed E-state index contributed by atoms with van der Waals surface area (Å²) in [6, 6.07) is 4.46. The molecule has 0 bridgehead atoms. The van der Waals surface area contributed by atoms with E-state index in [4.69, 9.17) is 4.74 Å². The van der Waals surface area contributed by atoms with Gasteiger partial charge in [0.1, 0.15) is 17.6 Å². The maximum Gasteiger partial charge on any atom is 0.270 e. The van der Waals surface area contributed by atoms with Crippen molar-refractivity contribution in [1.82, 2.24) is 25.3 Å². The standard InChI is InChI=1S/C37H49F2N5O5/c1-23-7-9-25(10-8-23)33(41-34(46)30-13-16-40-44(30)28-5-3-4-6-28)31(45)22-27-12-11-26(21-29(27)38)24(2)32(42-36(48)37(39)14-15-37)35(47)43-17-19-49-20-18-43/h11-13,16,21,23-25,28,32-33H,3-10,14-15,17-20,22H2,1-2H3,(H,41,46)(H,42,48)/t23?,24-,25?,32+,33-/m0/s1. The number of carbonyl (C=O) groups excluding carboxylic acids is 4. The first-order chi connectivity index (χ1) is 23.5. The van der Waals surface area contributed by atoms with Gasteiger partial charge >= 0.3 is 0 Å². The summed E-state index contributed by atoms with van der Waals surface area (Å²) in [5.74, 6) is -2.61. The number of nitrogens with one attached hydrogen (secondary N) is 2. The molecule has 3 atom stereocenters. The van der Waals surface area contributed by atoms with Crippen LogP contribution in [0.1, 0.15) is 112 Å². The van der Waals surface area contributed by atoms with Crippen molar-refractivity contribution in [3.8, 4) is 0 Å². The number of alkyl halides is 1. The molecular formula is C37H49F2N5O5. The number of rotatable bonds is 12. The molecule has 3 amide bonds. The Balaban J connectivity index is 1.18. The summed E-state index contributed by atoms with van der Waals surface area (Å²) >= 11 is 0. The average molecular weight is 682 g/mol. The Labute approximate surface area is 286 Å². The maximum absolute atomic E-state index is 15.8. The van der Waals surface area contributed by atoms with Crippen LogP contribution in [-0.4, -0.2) is 82.2 Å². The molecule has 49 heavy (non-hydrogen) atoms. The lowest BCUT2D eigenvalue weighted by atomic mass is 9.77. The predicted octanol–water partition coefficient (Wildman–Crippen LogP) is 4.82. The van der Waals surface area contributed by atoms with E-state index in [1.165, 1.54) is 12.1 Å². The van der Waals surface area contributed by atoms with Gasteiger partial charge in [0.2, 0.25) is 5.91 Å². The van der Waals surface area contributed by atoms with Crippen molar-refractivity contribution in [2.45, 2.75) is 114 Å². The van der Waals surface area contributed by atoms with Crippen molar-refractivity contribution >= 4 is 23.5 Å². The number of ketones is 1. The summed E-state index contributed by atoms with van der Waals surface area (Å²) in [6.45, 7) is 5.29. The van der Waals surface area contributed by atoms with E-state index in [2.05, 4.69) is 22.7 Å². The first-order valence-electron chi connectivity index (χ1n) is 18.1. The largest absolute Gasteiger partial charge is 0.378 e. The van der Waals surface area contributed by atoms with Gasteiger partial charge in [-0.1, -0.05) is 51.7 Å². The van der Waals surface area contributed by atoms with Crippen molar-refractivity contribution in [3.63, 3.8) is 0 Å². The molecular weight excluding hydrogens is 632 g/mol. The summed E-state index contributed by atoms with van der Waals surface area (Å²) in [5.41, 5.74) is -0.916. The highest BCUT2D eigenvalue weighted by Crippen LogP contribution is 2.40. The molecule has 266 valence electrons. The fourth-order valence-electron chi connectivity index (χ4n) is 7.70. The topological polar surface area (TPSA) is 123 Å². The number of aromatic nitrogens is 2. The number of morpholine rings is 1. The van der Waals surface area contributed by atoms with E-state index >= 15 is 4.39 Å². The zero-order chi connectivity index (χ0) is 34.7. The molecule has 2 aromatic rings. The van der Waals surface area contributed by atoms with Gasteiger partial charge in [0.15, 0.2) is 11.5 Å². The first-order valence-corrected chi connectivity index (χ1v) is 18.1. The smallest absolute Gasteiger partial charge is 0.270 e. The van der Waals surface area contributed by atoms with Crippen LogP contribution in [0, 0.1) is 17.7 Å². The van der Waals surface area contributed by atoms with Gasteiger partial charge in [0, 0.05) is 31.6 Å². The van der Waals surface area contributed by atoms with Crippen LogP contribution in [0.25, 0.3) is 0 Å². The normalized spacial score (nSPS) is 24.1. The Hall–Kier alpha value is -3.67. The molecule has 12 heteroatoms. The van der Waals surface area contributed by atoms with Crippen LogP contribution < -0.4 is 10.6 Å². The minimum Gasteiger partial charge on any atom is -0.378 e. The number of halogens is 2. The average Bonchev–Trinajstić information content (AvgIpc) is 3.44. The molecule has 4 fully saturated rings. The number of benzene rings is 1. The zero-order valence-electron chi connectivity index (χ0n) is 28.6. The van der Waals surface area contributed by atoms with Crippen LogP contribution in [0.3, 0.4) is 0 Å². The summed E-state index contributed by atoms with van der Waals surface area (Å²) in [5, 5.41) is 10.1. The van der Waals surface area contributed by atoms with Crippen molar-refractivity contribution in [2.24, 2.45) is 11.8 Å². The van der Waals surface area contributed by atoms with Crippen molar-refractivity contribution in [2.75, 3.05) is 26.3 Å². The Bertz CT molecular complexity index is 1520. The van der Waals surface area contributed by atoms with Gasteiger partial charge in [0.05, 0.1) is 25.3 Å². The molecule has 6 rings (SSSR count). The molecule has 10 nitrogen and oxygen atoms in total. The highest BCUT2D eigenvalue weighted by atomic mass is 19.1. The molecule has 1 saturated heterocycles. The molecule has 0 unspecified atom stereocenters. The van der Waals surface area contributed by atoms with Crippen LogP contribution >= 0.6 is 0 Å².